The molecule has 1 fully saturated rings. The molecule has 1 unspecified atom stereocenters. The Hall–Kier alpha value is -1.20. The molecule has 17 heavy (non-hydrogen) atoms. The highest BCUT2D eigenvalue weighted by Crippen LogP contribution is 2.20. The minimum absolute atomic E-state index is 0.171. The smallest absolute Gasteiger partial charge is 0.387 e. The van der Waals surface area contributed by atoms with Crippen LogP contribution in [0.15, 0.2) is 24.3 Å². The molecule has 1 aliphatic rings. The number of rotatable bonds is 5. The van der Waals surface area contributed by atoms with Gasteiger partial charge >= 0.3 is 6.61 Å². The Morgan fingerprint density at radius 1 is 1.29 bits per heavy atom. The van der Waals surface area contributed by atoms with Crippen molar-refractivity contribution in [3.63, 3.8) is 0 Å². The van der Waals surface area contributed by atoms with Crippen LogP contribution in [0.1, 0.15) is 18.5 Å². The van der Waals surface area contributed by atoms with Crippen LogP contribution < -0.4 is 10.1 Å². The summed E-state index contributed by atoms with van der Waals surface area (Å²) in [5, 5.41) is 3.38. The summed E-state index contributed by atoms with van der Waals surface area (Å²) >= 11 is 0. The van der Waals surface area contributed by atoms with Crippen molar-refractivity contribution in [3.8, 4) is 5.75 Å². The molecule has 5 heteroatoms. The van der Waals surface area contributed by atoms with E-state index in [1.165, 1.54) is 0 Å². The molecule has 0 radical (unpaired) electrons. The van der Waals surface area contributed by atoms with Crippen LogP contribution in [-0.4, -0.2) is 25.9 Å². The Kier molecular flexibility index (Phi) is 3.91. The van der Waals surface area contributed by atoms with Gasteiger partial charge < -0.3 is 14.8 Å². The summed E-state index contributed by atoms with van der Waals surface area (Å²) in [6.45, 7) is 0.721. The lowest BCUT2D eigenvalue weighted by atomic mass is 10.1. The minimum Gasteiger partial charge on any atom is -0.435 e. The van der Waals surface area contributed by atoms with Crippen LogP contribution >= 0.6 is 0 Å². The lowest BCUT2D eigenvalue weighted by Crippen LogP contribution is -2.46. The number of ether oxygens (including phenoxy) is 2. The third-order valence-electron chi connectivity index (χ3n) is 2.73. The van der Waals surface area contributed by atoms with Crippen LogP contribution in [0.25, 0.3) is 0 Å². The van der Waals surface area contributed by atoms with Gasteiger partial charge in [-0.05, 0) is 24.6 Å². The monoisotopic (exact) mass is 243 g/mol. The fraction of sp³-hybridized carbons (Fsp3) is 0.500. The third kappa shape index (κ3) is 3.38. The molecule has 1 aliphatic heterocycles. The highest BCUT2D eigenvalue weighted by molar-refractivity contribution is 5.29. The van der Waals surface area contributed by atoms with Gasteiger partial charge in [0.25, 0.3) is 0 Å². The topological polar surface area (TPSA) is 30.5 Å². The van der Waals surface area contributed by atoms with Gasteiger partial charge in [0, 0.05) is 6.04 Å². The number of nitrogens with one attached hydrogen (secondary N) is 1. The third-order valence-corrected chi connectivity index (χ3v) is 2.73. The Bertz CT molecular complexity index is 352. The fourth-order valence-corrected chi connectivity index (χ4v) is 1.72. The summed E-state index contributed by atoms with van der Waals surface area (Å²) in [5.41, 5.74) is 1.04. The predicted octanol–water partition coefficient (Wildman–Crippen LogP) is 2.34. The molecule has 3 nitrogen and oxygen atoms in total. The molecule has 0 amide bonds. The van der Waals surface area contributed by atoms with Gasteiger partial charge in [-0.3, -0.25) is 0 Å². The zero-order valence-electron chi connectivity index (χ0n) is 9.53. The van der Waals surface area contributed by atoms with Crippen LogP contribution in [-0.2, 0) is 4.74 Å². The molecule has 0 saturated carbocycles. The van der Waals surface area contributed by atoms with E-state index in [2.05, 4.69) is 10.1 Å². The molecule has 0 aromatic heterocycles. The summed E-state index contributed by atoms with van der Waals surface area (Å²) in [6, 6.07) is 7.24. The van der Waals surface area contributed by atoms with E-state index in [4.69, 9.17) is 4.74 Å². The van der Waals surface area contributed by atoms with E-state index < -0.39 is 6.61 Å². The minimum atomic E-state index is -2.77. The molecule has 94 valence electrons. The summed E-state index contributed by atoms with van der Waals surface area (Å²) < 4.78 is 33.3. The Balaban J connectivity index is 1.91. The van der Waals surface area contributed by atoms with Crippen molar-refractivity contribution in [1.82, 2.24) is 5.32 Å². The molecule has 0 aliphatic carbocycles. The van der Waals surface area contributed by atoms with E-state index in [9.17, 15) is 8.78 Å². The number of alkyl halides is 2. The molecule has 0 bridgehead atoms. The average molecular weight is 243 g/mol. The van der Waals surface area contributed by atoms with Crippen LogP contribution in [0.2, 0.25) is 0 Å². The van der Waals surface area contributed by atoms with Crippen LogP contribution in [0.3, 0.4) is 0 Å². The number of halogens is 2. The zero-order valence-corrected chi connectivity index (χ0v) is 9.53. The molecule has 0 spiro atoms. The van der Waals surface area contributed by atoms with Crippen molar-refractivity contribution in [2.24, 2.45) is 0 Å². The second-order valence-electron chi connectivity index (χ2n) is 4.07. The second-order valence-corrected chi connectivity index (χ2v) is 4.07. The van der Waals surface area contributed by atoms with Gasteiger partial charge in [-0.1, -0.05) is 12.1 Å². The molecule has 2 rings (SSSR count). The van der Waals surface area contributed by atoms with Gasteiger partial charge in [0.1, 0.15) is 5.75 Å². The van der Waals surface area contributed by atoms with Crippen molar-refractivity contribution in [2.75, 3.05) is 13.2 Å². The van der Waals surface area contributed by atoms with Crippen LogP contribution in [0.4, 0.5) is 8.78 Å². The van der Waals surface area contributed by atoms with E-state index in [-0.39, 0.29) is 11.8 Å². The maximum atomic E-state index is 12.0. The van der Waals surface area contributed by atoms with Crippen LogP contribution in [0.5, 0.6) is 5.75 Å². The molecule has 1 atom stereocenters. The maximum Gasteiger partial charge on any atom is 0.387 e. The maximum absolute atomic E-state index is 12.0. The second kappa shape index (κ2) is 5.42. The van der Waals surface area contributed by atoms with Gasteiger partial charge in [-0.25, -0.2) is 0 Å². The fourth-order valence-electron chi connectivity index (χ4n) is 1.72. The molecule has 1 heterocycles. The summed E-state index contributed by atoms with van der Waals surface area (Å²) in [4.78, 5) is 0. The van der Waals surface area contributed by atoms with Crippen molar-refractivity contribution in [3.05, 3.63) is 29.8 Å². The van der Waals surface area contributed by atoms with Gasteiger partial charge in [0.2, 0.25) is 0 Å². The Morgan fingerprint density at radius 2 is 1.94 bits per heavy atom. The lowest BCUT2D eigenvalue weighted by Gasteiger charge is -2.30. The highest BCUT2D eigenvalue weighted by Gasteiger charge is 2.20. The molecular formula is C12H15F2NO2. The van der Waals surface area contributed by atoms with Gasteiger partial charge in [-0.15, -0.1) is 0 Å². The highest BCUT2D eigenvalue weighted by atomic mass is 19.3. The first-order valence-electron chi connectivity index (χ1n) is 5.53. The lowest BCUT2D eigenvalue weighted by molar-refractivity contribution is -0.0498. The van der Waals surface area contributed by atoms with Crippen molar-refractivity contribution in [1.29, 1.82) is 0 Å². The number of hydrogen-bond donors (Lipinski definition) is 1. The zero-order chi connectivity index (χ0) is 12.3. The quantitative estimate of drug-likeness (QED) is 0.861. The van der Waals surface area contributed by atoms with E-state index in [0.717, 1.165) is 18.8 Å². The number of hydrogen-bond acceptors (Lipinski definition) is 3. The summed E-state index contributed by atoms with van der Waals surface area (Å²) in [7, 11) is 0. The molecule has 1 aromatic carbocycles. The summed E-state index contributed by atoms with van der Waals surface area (Å²) in [6.07, 6.45) is 0. The summed E-state index contributed by atoms with van der Waals surface area (Å²) in [5.74, 6) is 0.183. The number of benzene rings is 1. The standard InChI is InChI=1S/C12H15F2NO2/c1-8(15-10-6-16-7-10)9-2-4-11(5-3-9)17-12(13)14/h2-5,8,10,12,15H,6-7H2,1H3. The van der Waals surface area contributed by atoms with Crippen molar-refractivity contribution < 1.29 is 18.3 Å². The molecule has 1 saturated heterocycles. The first-order valence-corrected chi connectivity index (χ1v) is 5.53. The Morgan fingerprint density at radius 3 is 2.41 bits per heavy atom. The van der Waals surface area contributed by atoms with E-state index in [0.29, 0.717) is 6.04 Å². The van der Waals surface area contributed by atoms with E-state index in [1.807, 2.05) is 6.92 Å². The van der Waals surface area contributed by atoms with Crippen molar-refractivity contribution >= 4 is 0 Å². The van der Waals surface area contributed by atoms with Gasteiger partial charge in [0.05, 0.1) is 19.3 Å². The first-order chi connectivity index (χ1) is 8.15. The predicted molar refractivity (Wildman–Crippen MR) is 59.2 cm³/mol. The Labute approximate surface area is 98.7 Å². The normalized spacial score (nSPS) is 17.9. The largest absolute Gasteiger partial charge is 0.435 e. The molecular weight excluding hydrogens is 228 g/mol. The SMILES string of the molecule is CC(NC1COC1)c1ccc(OC(F)F)cc1. The first kappa shape index (κ1) is 12.3. The van der Waals surface area contributed by atoms with E-state index >= 15 is 0 Å². The molecule has 1 N–H and O–H groups in total. The van der Waals surface area contributed by atoms with Crippen molar-refractivity contribution in [2.45, 2.75) is 25.6 Å². The molecule has 1 aromatic rings. The van der Waals surface area contributed by atoms with Crippen LogP contribution in [0, 0.1) is 0 Å². The van der Waals surface area contributed by atoms with Gasteiger partial charge in [-0.2, -0.15) is 8.78 Å². The van der Waals surface area contributed by atoms with E-state index in [1.54, 1.807) is 24.3 Å². The average Bonchev–Trinajstić information content (AvgIpc) is 2.23. The van der Waals surface area contributed by atoms with Gasteiger partial charge in [0.15, 0.2) is 0 Å².